The van der Waals surface area contributed by atoms with Crippen molar-refractivity contribution in [2.75, 3.05) is 0 Å². The van der Waals surface area contributed by atoms with Crippen molar-refractivity contribution in [3.8, 4) is 11.1 Å². The largest absolute Gasteiger partial charge is 0.348 e. The monoisotopic (exact) mass is 534 g/mol. The van der Waals surface area contributed by atoms with Gasteiger partial charge in [-0.05, 0) is 93.6 Å². The zero-order valence-electron chi connectivity index (χ0n) is 22.5. The van der Waals surface area contributed by atoms with Gasteiger partial charge in [0.25, 0.3) is 11.5 Å². The van der Waals surface area contributed by atoms with E-state index in [0.717, 1.165) is 44.4 Å². The first-order valence-corrected chi connectivity index (χ1v) is 13.8. The van der Waals surface area contributed by atoms with E-state index in [1.54, 1.807) is 6.92 Å². The molecule has 0 aliphatic rings. The molecule has 4 rings (SSSR count). The van der Waals surface area contributed by atoms with Gasteiger partial charge in [-0.25, -0.2) is 13.1 Å². The number of aryl methyl sites for hydroxylation is 3. The van der Waals surface area contributed by atoms with Gasteiger partial charge in [-0.1, -0.05) is 18.2 Å². The number of nitrogens with zero attached hydrogens (tertiary/aromatic N) is 1. The van der Waals surface area contributed by atoms with Crippen LogP contribution in [-0.4, -0.2) is 23.9 Å². The summed E-state index contributed by atoms with van der Waals surface area (Å²) in [5, 5.41) is 3.82. The lowest BCUT2D eigenvalue weighted by atomic mass is 9.96. The van der Waals surface area contributed by atoms with Crippen LogP contribution in [0.2, 0.25) is 0 Å². The predicted molar refractivity (Wildman–Crippen MR) is 152 cm³/mol. The molecule has 0 saturated carbocycles. The fraction of sp³-hybridized carbons (Fsp3) is 0.310. The lowest BCUT2D eigenvalue weighted by Crippen LogP contribution is -2.28. The van der Waals surface area contributed by atoms with Gasteiger partial charge in [0.15, 0.2) is 0 Å². The molecule has 0 radical (unpaired) electrons. The Bertz CT molecular complexity index is 1660. The summed E-state index contributed by atoms with van der Waals surface area (Å²) in [6, 6.07) is 13.2. The van der Waals surface area contributed by atoms with Crippen LogP contribution < -0.4 is 15.6 Å². The minimum Gasteiger partial charge on any atom is -0.348 e. The topological polar surface area (TPSA) is 113 Å². The van der Waals surface area contributed by atoms with Gasteiger partial charge in [0, 0.05) is 52.5 Å². The highest BCUT2D eigenvalue weighted by Gasteiger charge is 2.20. The zero-order chi connectivity index (χ0) is 27.7. The molecular formula is C29H34N4O4S. The highest BCUT2D eigenvalue weighted by molar-refractivity contribution is 7.70. The van der Waals surface area contributed by atoms with E-state index in [4.69, 9.17) is 0 Å². The van der Waals surface area contributed by atoms with Crippen LogP contribution in [0.4, 0.5) is 0 Å². The molecule has 1 amide bonds. The molecule has 1 atom stereocenters. The smallest absolute Gasteiger partial charge is 0.253 e. The lowest BCUT2D eigenvalue weighted by Gasteiger charge is -2.15. The molecule has 2 heterocycles. The fourth-order valence-corrected chi connectivity index (χ4v) is 5.41. The normalized spacial score (nSPS) is 12.4. The van der Waals surface area contributed by atoms with Gasteiger partial charge in [-0.3, -0.25) is 9.59 Å². The predicted octanol–water partition coefficient (Wildman–Crippen LogP) is 4.61. The fourth-order valence-electron chi connectivity index (χ4n) is 4.95. The number of aromatic nitrogens is 2. The molecule has 38 heavy (non-hydrogen) atoms. The third-order valence-electron chi connectivity index (χ3n) is 6.86. The summed E-state index contributed by atoms with van der Waals surface area (Å²) in [6.07, 6.45) is 2.05. The Morgan fingerprint density at radius 3 is 2.39 bits per heavy atom. The maximum atomic E-state index is 13.6. The minimum atomic E-state index is -2.73. The average Bonchev–Trinajstić information content (AvgIpc) is 3.19. The molecule has 0 fully saturated rings. The van der Waals surface area contributed by atoms with Crippen LogP contribution >= 0.6 is 0 Å². The summed E-state index contributed by atoms with van der Waals surface area (Å²) in [5.41, 5.74) is 6.89. The van der Waals surface area contributed by atoms with Crippen molar-refractivity contribution in [1.29, 1.82) is 0 Å². The number of H-pyrrole nitrogens is 1. The van der Waals surface area contributed by atoms with Crippen molar-refractivity contribution in [1.82, 2.24) is 19.6 Å². The Labute approximate surface area is 224 Å². The van der Waals surface area contributed by atoms with Gasteiger partial charge < -0.3 is 14.9 Å². The summed E-state index contributed by atoms with van der Waals surface area (Å²) in [4.78, 5) is 28.9. The van der Waals surface area contributed by atoms with Gasteiger partial charge in [-0.2, -0.15) is 0 Å². The Balaban J connectivity index is 1.81. The third-order valence-corrected chi connectivity index (χ3v) is 7.46. The van der Waals surface area contributed by atoms with Gasteiger partial charge in [-0.15, -0.1) is 0 Å². The first-order chi connectivity index (χ1) is 18.0. The number of benzene rings is 2. The number of carbonyl (C=O) groups excluding carboxylic acids is 1. The number of nitrogens with one attached hydrogen (secondary N) is 3. The third kappa shape index (κ3) is 5.58. The number of hydrogen-bond acceptors (Lipinski definition) is 4. The number of pyridine rings is 1. The zero-order valence-corrected chi connectivity index (χ0v) is 23.4. The molecule has 0 aliphatic heterocycles. The van der Waals surface area contributed by atoms with Crippen LogP contribution in [0.25, 0.3) is 22.0 Å². The Morgan fingerprint density at radius 1 is 1.00 bits per heavy atom. The van der Waals surface area contributed by atoms with E-state index in [2.05, 4.69) is 45.7 Å². The molecule has 8 nitrogen and oxygen atoms in total. The van der Waals surface area contributed by atoms with Crippen molar-refractivity contribution < 1.29 is 13.2 Å². The van der Waals surface area contributed by atoms with E-state index in [-0.39, 0.29) is 30.1 Å². The molecular weight excluding hydrogens is 500 g/mol. The molecule has 2 aromatic heterocycles. The number of aromatic amines is 1. The van der Waals surface area contributed by atoms with Crippen LogP contribution in [0.3, 0.4) is 0 Å². The molecule has 2 aromatic carbocycles. The van der Waals surface area contributed by atoms with Gasteiger partial charge >= 0.3 is 0 Å². The summed E-state index contributed by atoms with van der Waals surface area (Å²) in [6.45, 7) is 11.8. The Kier molecular flexibility index (Phi) is 7.89. The van der Waals surface area contributed by atoms with Gasteiger partial charge in [0.1, 0.15) is 0 Å². The Morgan fingerprint density at radius 2 is 1.74 bits per heavy atom. The number of rotatable bonds is 8. The molecule has 0 bridgehead atoms. The van der Waals surface area contributed by atoms with Crippen LogP contribution in [0.5, 0.6) is 0 Å². The van der Waals surface area contributed by atoms with E-state index >= 15 is 0 Å². The van der Waals surface area contributed by atoms with Crippen LogP contribution in [0.15, 0.2) is 53.5 Å². The second-order valence-corrected chi connectivity index (χ2v) is 10.9. The molecule has 0 spiro atoms. The Hall–Kier alpha value is -3.69. The average molecular weight is 535 g/mol. The molecule has 0 aliphatic carbocycles. The summed E-state index contributed by atoms with van der Waals surface area (Å²) < 4.78 is 27.1. The highest BCUT2D eigenvalue weighted by Crippen LogP contribution is 2.33. The standard InChI is InChI=1S/C29H34N4O4S/c1-16(2)33-15-18(4)27-24(28(34)30-14-25-17(3)10-19(5)31-29(25)35)12-23(13-26(27)33)22-9-7-8-21(11-22)20(6)32-38(36)37/h7-13,15-16,20,38H,14H2,1-6H3,(H,30,34)(H,31,35)(H,32,36,37). The number of thiol groups is 1. The van der Waals surface area contributed by atoms with Crippen molar-refractivity contribution in [3.05, 3.63) is 92.5 Å². The van der Waals surface area contributed by atoms with Crippen LogP contribution in [-0.2, 0) is 17.4 Å². The van der Waals surface area contributed by atoms with E-state index in [9.17, 15) is 18.0 Å². The number of amides is 1. The molecule has 3 N–H and O–H groups in total. The van der Waals surface area contributed by atoms with E-state index in [0.29, 0.717) is 11.1 Å². The first-order valence-electron chi connectivity index (χ1n) is 12.6. The summed E-state index contributed by atoms with van der Waals surface area (Å²) >= 11 is 0. The SMILES string of the molecule is Cc1cc(C)c(CNC(=O)c2cc(-c3cccc(C(C)N[SH](=O)=O)c3)cc3c2c(C)cn3C(C)C)c(=O)[nH]1. The molecule has 9 heteroatoms. The quantitative estimate of drug-likeness (QED) is 0.247. The molecule has 200 valence electrons. The van der Waals surface area contributed by atoms with Gasteiger partial charge in [0.2, 0.25) is 10.9 Å². The minimum absolute atomic E-state index is 0.113. The molecule has 1 unspecified atom stereocenters. The van der Waals surface area contributed by atoms with Crippen molar-refractivity contribution in [2.45, 2.75) is 60.2 Å². The number of carbonyl (C=O) groups is 1. The van der Waals surface area contributed by atoms with E-state index in [1.807, 2.05) is 57.2 Å². The summed E-state index contributed by atoms with van der Waals surface area (Å²) in [7, 11) is -2.73. The maximum absolute atomic E-state index is 13.6. The van der Waals surface area contributed by atoms with Crippen LogP contribution in [0, 0.1) is 20.8 Å². The van der Waals surface area contributed by atoms with Crippen molar-refractivity contribution in [3.63, 3.8) is 0 Å². The summed E-state index contributed by atoms with van der Waals surface area (Å²) in [5.74, 6) is -0.268. The van der Waals surface area contributed by atoms with Crippen LogP contribution in [0.1, 0.15) is 71.2 Å². The maximum Gasteiger partial charge on any atom is 0.253 e. The first kappa shape index (κ1) is 27.3. The second-order valence-electron chi connectivity index (χ2n) is 10.1. The number of hydrogen-bond donors (Lipinski definition) is 4. The number of fused-ring (bicyclic) bond motifs is 1. The van der Waals surface area contributed by atoms with E-state index < -0.39 is 10.9 Å². The van der Waals surface area contributed by atoms with Crippen molar-refractivity contribution >= 4 is 27.7 Å². The van der Waals surface area contributed by atoms with Gasteiger partial charge in [0.05, 0.1) is 0 Å². The van der Waals surface area contributed by atoms with Crippen molar-refractivity contribution in [2.24, 2.45) is 0 Å². The van der Waals surface area contributed by atoms with E-state index in [1.165, 1.54) is 0 Å². The lowest BCUT2D eigenvalue weighted by molar-refractivity contribution is 0.0952. The highest BCUT2D eigenvalue weighted by atomic mass is 32.2. The second kappa shape index (κ2) is 11.0. The molecule has 4 aromatic rings. The molecule has 0 saturated heterocycles.